The molecule has 6 nitrogen and oxygen atoms in total. The number of hydrogen-bond acceptors (Lipinski definition) is 5. The summed E-state index contributed by atoms with van der Waals surface area (Å²) >= 11 is 0. The predicted octanol–water partition coefficient (Wildman–Crippen LogP) is 0.729. The minimum Gasteiger partial charge on any atom is -0.409 e. The zero-order chi connectivity index (χ0) is 13.9. The van der Waals surface area contributed by atoms with E-state index in [-0.39, 0.29) is 5.84 Å². The Hall–Kier alpha value is -1.82. The first-order valence-electron chi connectivity index (χ1n) is 6.43. The molecule has 1 aromatic rings. The minimum atomic E-state index is -0.418. The summed E-state index contributed by atoms with van der Waals surface area (Å²) in [5.74, 6) is 0.255. The number of oxime groups is 1. The molecule has 0 saturated carbocycles. The lowest BCUT2D eigenvalue weighted by Gasteiger charge is -2.43. The molecular formula is C13H21N5O. The second-order valence-corrected chi connectivity index (χ2v) is 5.22. The quantitative estimate of drug-likeness (QED) is 0.364. The fraction of sp³-hybridized carbons (Fsp3) is 0.538. The Morgan fingerprint density at radius 2 is 1.84 bits per heavy atom. The highest BCUT2D eigenvalue weighted by atomic mass is 16.4. The molecule has 1 aliphatic heterocycles. The second kappa shape index (κ2) is 5.44. The topological polar surface area (TPSA) is 78.0 Å². The lowest BCUT2D eigenvalue weighted by Crippen LogP contribution is -2.59. The molecule has 1 aromatic heterocycles. The Kier molecular flexibility index (Phi) is 3.90. The molecule has 0 radical (unpaired) electrons. The molecule has 2 heterocycles. The molecule has 0 bridgehead atoms. The van der Waals surface area contributed by atoms with E-state index in [1.807, 2.05) is 38.4 Å². The first-order chi connectivity index (χ1) is 9.05. The fourth-order valence-corrected chi connectivity index (χ4v) is 2.36. The van der Waals surface area contributed by atoms with E-state index in [1.165, 1.54) is 5.69 Å². The molecule has 104 valence electrons. The molecule has 2 rings (SSSR count). The molecule has 0 aliphatic carbocycles. The van der Waals surface area contributed by atoms with Crippen LogP contribution in [0, 0.1) is 0 Å². The Labute approximate surface area is 113 Å². The molecule has 1 saturated heterocycles. The van der Waals surface area contributed by atoms with E-state index in [2.05, 4.69) is 19.9 Å². The van der Waals surface area contributed by atoms with Crippen molar-refractivity contribution in [3.63, 3.8) is 0 Å². The van der Waals surface area contributed by atoms with Crippen LogP contribution in [-0.2, 0) is 0 Å². The highest BCUT2D eigenvalue weighted by Crippen LogP contribution is 2.20. The van der Waals surface area contributed by atoms with Crippen molar-refractivity contribution < 1.29 is 5.21 Å². The molecule has 0 aromatic carbocycles. The average Bonchev–Trinajstić information content (AvgIpc) is 2.47. The average molecular weight is 263 g/mol. The second-order valence-electron chi connectivity index (χ2n) is 5.22. The van der Waals surface area contributed by atoms with Gasteiger partial charge in [-0.3, -0.25) is 9.88 Å². The van der Waals surface area contributed by atoms with E-state index >= 15 is 0 Å². The van der Waals surface area contributed by atoms with E-state index < -0.39 is 5.54 Å². The van der Waals surface area contributed by atoms with Gasteiger partial charge >= 0.3 is 0 Å². The summed E-state index contributed by atoms with van der Waals surface area (Å²) in [6.45, 7) is 7.56. The summed E-state index contributed by atoms with van der Waals surface area (Å²) < 4.78 is 0. The third-order valence-corrected chi connectivity index (χ3v) is 3.83. The Bertz CT molecular complexity index is 438. The fourth-order valence-electron chi connectivity index (χ4n) is 2.36. The maximum Gasteiger partial charge on any atom is 0.159 e. The molecule has 19 heavy (non-hydrogen) atoms. The molecule has 3 N–H and O–H groups in total. The number of anilines is 1. The van der Waals surface area contributed by atoms with Crippen LogP contribution < -0.4 is 10.6 Å². The number of hydrogen-bond donors (Lipinski definition) is 2. The number of rotatable bonds is 3. The Morgan fingerprint density at radius 3 is 2.37 bits per heavy atom. The van der Waals surface area contributed by atoms with Crippen molar-refractivity contribution in [3.8, 4) is 0 Å². The first kappa shape index (κ1) is 13.6. The standard InChI is InChI=1S/C13H21N5O/c1-13(2,12(14)16-19)18-9-7-17(8-10-18)11-3-5-15-6-4-11/h3-6,19H,7-10H2,1-2H3,(H2,14,16). The van der Waals surface area contributed by atoms with Gasteiger partial charge in [-0.1, -0.05) is 5.16 Å². The largest absolute Gasteiger partial charge is 0.409 e. The van der Waals surface area contributed by atoms with E-state index in [9.17, 15) is 0 Å². The predicted molar refractivity (Wildman–Crippen MR) is 75.5 cm³/mol. The van der Waals surface area contributed by atoms with Gasteiger partial charge in [0.1, 0.15) is 0 Å². The van der Waals surface area contributed by atoms with Crippen LogP contribution in [0.3, 0.4) is 0 Å². The van der Waals surface area contributed by atoms with Crippen LogP contribution >= 0.6 is 0 Å². The van der Waals surface area contributed by atoms with Gasteiger partial charge in [-0.25, -0.2) is 0 Å². The first-order valence-corrected chi connectivity index (χ1v) is 6.43. The smallest absolute Gasteiger partial charge is 0.159 e. The lowest BCUT2D eigenvalue weighted by atomic mass is 10.00. The molecule has 1 aliphatic rings. The van der Waals surface area contributed by atoms with E-state index in [0.717, 1.165) is 26.2 Å². The Balaban J connectivity index is 2.00. The van der Waals surface area contributed by atoms with Crippen LogP contribution in [0.25, 0.3) is 0 Å². The van der Waals surface area contributed by atoms with Crippen molar-refractivity contribution in [2.75, 3.05) is 31.1 Å². The molecule has 0 unspecified atom stereocenters. The SMILES string of the molecule is CC(C)(C(N)=NO)N1CCN(c2ccncc2)CC1. The van der Waals surface area contributed by atoms with Gasteiger partial charge in [0, 0.05) is 44.3 Å². The van der Waals surface area contributed by atoms with Gasteiger partial charge in [0.2, 0.25) is 0 Å². The van der Waals surface area contributed by atoms with Crippen molar-refractivity contribution in [2.24, 2.45) is 10.9 Å². The van der Waals surface area contributed by atoms with Gasteiger partial charge in [-0.2, -0.15) is 0 Å². The van der Waals surface area contributed by atoms with Crippen molar-refractivity contribution >= 4 is 11.5 Å². The number of pyridine rings is 1. The van der Waals surface area contributed by atoms with Crippen LogP contribution in [-0.4, -0.2) is 52.6 Å². The van der Waals surface area contributed by atoms with Gasteiger partial charge in [0.05, 0.1) is 5.54 Å². The summed E-state index contributed by atoms with van der Waals surface area (Å²) in [7, 11) is 0. The summed E-state index contributed by atoms with van der Waals surface area (Å²) in [5, 5.41) is 12.0. The summed E-state index contributed by atoms with van der Waals surface area (Å²) in [5.41, 5.74) is 6.54. The van der Waals surface area contributed by atoms with Gasteiger partial charge in [-0.15, -0.1) is 0 Å². The summed E-state index contributed by atoms with van der Waals surface area (Å²) in [4.78, 5) is 8.59. The van der Waals surface area contributed by atoms with Crippen LogP contribution in [0.2, 0.25) is 0 Å². The lowest BCUT2D eigenvalue weighted by molar-refractivity contribution is 0.161. The third-order valence-electron chi connectivity index (χ3n) is 3.83. The summed E-state index contributed by atoms with van der Waals surface area (Å²) in [6.07, 6.45) is 3.62. The Morgan fingerprint density at radius 1 is 1.26 bits per heavy atom. The van der Waals surface area contributed by atoms with Gasteiger partial charge in [0.15, 0.2) is 5.84 Å². The number of nitrogens with two attached hydrogens (primary N) is 1. The van der Waals surface area contributed by atoms with Crippen LogP contribution in [0.4, 0.5) is 5.69 Å². The maximum absolute atomic E-state index is 8.85. The number of nitrogens with zero attached hydrogens (tertiary/aromatic N) is 4. The molecule has 0 spiro atoms. The molecule has 1 fully saturated rings. The highest BCUT2D eigenvalue weighted by molar-refractivity contribution is 5.88. The molecule has 0 amide bonds. The zero-order valence-corrected chi connectivity index (χ0v) is 11.5. The monoisotopic (exact) mass is 263 g/mol. The van der Waals surface area contributed by atoms with Crippen LogP contribution in [0.1, 0.15) is 13.8 Å². The molecule has 6 heteroatoms. The van der Waals surface area contributed by atoms with Crippen LogP contribution in [0.5, 0.6) is 0 Å². The third kappa shape index (κ3) is 2.78. The van der Waals surface area contributed by atoms with Crippen LogP contribution in [0.15, 0.2) is 29.7 Å². The van der Waals surface area contributed by atoms with E-state index in [4.69, 9.17) is 10.9 Å². The minimum absolute atomic E-state index is 0.255. The maximum atomic E-state index is 8.85. The van der Waals surface area contributed by atoms with Crippen molar-refractivity contribution in [2.45, 2.75) is 19.4 Å². The van der Waals surface area contributed by atoms with Gasteiger partial charge in [-0.05, 0) is 26.0 Å². The van der Waals surface area contributed by atoms with Crippen molar-refractivity contribution in [1.29, 1.82) is 0 Å². The van der Waals surface area contributed by atoms with Gasteiger partial charge < -0.3 is 15.8 Å². The van der Waals surface area contributed by atoms with E-state index in [0.29, 0.717) is 0 Å². The normalized spacial score (nSPS) is 18.6. The van der Waals surface area contributed by atoms with Crippen molar-refractivity contribution in [1.82, 2.24) is 9.88 Å². The molecular weight excluding hydrogens is 242 g/mol. The van der Waals surface area contributed by atoms with Crippen molar-refractivity contribution in [3.05, 3.63) is 24.5 Å². The zero-order valence-electron chi connectivity index (χ0n) is 11.5. The number of piperazine rings is 1. The summed E-state index contributed by atoms with van der Waals surface area (Å²) in [6, 6.07) is 4.04. The number of amidine groups is 1. The number of aromatic nitrogens is 1. The van der Waals surface area contributed by atoms with E-state index in [1.54, 1.807) is 0 Å². The molecule has 0 atom stereocenters. The van der Waals surface area contributed by atoms with Gasteiger partial charge in [0.25, 0.3) is 0 Å². The highest BCUT2D eigenvalue weighted by Gasteiger charge is 2.33.